The van der Waals surface area contributed by atoms with Gasteiger partial charge in [-0.3, -0.25) is 9.36 Å². The SMILES string of the molecule is Cc1ccccc1-n1c(O)c(C2=c3ccccc3=NC2=O)sc1=S. The second-order valence-electron chi connectivity index (χ2n) is 5.45. The molecule has 0 saturated heterocycles. The maximum absolute atomic E-state index is 12.4. The van der Waals surface area contributed by atoms with Crippen LogP contribution in [0.25, 0.3) is 11.3 Å². The quantitative estimate of drug-likeness (QED) is 0.722. The smallest absolute Gasteiger partial charge is 0.279 e. The van der Waals surface area contributed by atoms with E-state index in [-0.39, 0.29) is 11.8 Å². The first-order valence-electron chi connectivity index (χ1n) is 7.31. The second kappa shape index (κ2) is 5.51. The summed E-state index contributed by atoms with van der Waals surface area (Å²) < 4.78 is 2.09. The molecule has 1 amide bonds. The Kier molecular flexibility index (Phi) is 3.44. The lowest BCUT2D eigenvalue weighted by molar-refractivity contribution is -0.112. The Morgan fingerprint density at radius 2 is 1.83 bits per heavy atom. The number of amides is 1. The molecule has 0 saturated carbocycles. The number of carbonyl (C=O) groups excluding carboxylic acids is 1. The van der Waals surface area contributed by atoms with Gasteiger partial charge in [0.25, 0.3) is 5.91 Å². The summed E-state index contributed by atoms with van der Waals surface area (Å²) in [7, 11) is 0. The van der Waals surface area contributed by atoms with Crippen molar-refractivity contribution >= 4 is 35.0 Å². The van der Waals surface area contributed by atoms with Crippen molar-refractivity contribution < 1.29 is 9.90 Å². The molecule has 1 aliphatic rings. The number of thiazole rings is 1. The van der Waals surface area contributed by atoms with E-state index in [4.69, 9.17) is 12.2 Å². The molecule has 6 heteroatoms. The van der Waals surface area contributed by atoms with Crippen LogP contribution in [-0.2, 0) is 4.79 Å². The number of nitrogens with zero attached hydrogens (tertiary/aromatic N) is 2. The summed E-state index contributed by atoms with van der Waals surface area (Å²) in [6.45, 7) is 1.95. The highest BCUT2D eigenvalue weighted by molar-refractivity contribution is 7.73. The molecule has 0 fully saturated rings. The average molecular weight is 352 g/mol. The number of fused-ring (bicyclic) bond motifs is 1. The highest BCUT2D eigenvalue weighted by Gasteiger charge is 2.25. The molecule has 0 spiro atoms. The molecule has 24 heavy (non-hydrogen) atoms. The third-order valence-corrected chi connectivity index (χ3v) is 5.36. The van der Waals surface area contributed by atoms with Crippen LogP contribution in [0.1, 0.15) is 10.4 Å². The maximum atomic E-state index is 12.4. The Balaban J connectivity index is 2.04. The normalized spacial score (nSPS) is 13.0. The van der Waals surface area contributed by atoms with Crippen molar-refractivity contribution in [2.75, 3.05) is 0 Å². The highest BCUT2D eigenvalue weighted by atomic mass is 32.1. The molecule has 1 aliphatic heterocycles. The van der Waals surface area contributed by atoms with Crippen molar-refractivity contribution in [1.82, 2.24) is 4.57 Å². The van der Waals surface area contributed by atoms with Crippen LogP contribution >= 0.6 is 23.6 Å². The summed E-state index contributed by atoms with van der Waals surface area (Å²) in [4.78, 5) is 16.9. The van der Waals surface area contributed by atoms with Gasteiger partial charge in [0, 0.05) is 5.22 Å². The Labute approximate surface area is 146 Å². The van der Waals surface area contributed by atoms with E-state index < -0.39 is 0 Å². The standard InChI is InChI=1S/C18H12N2O2S2/c1-10-6-2-5-9-13(10)20-17(22)15(24-18(20)23)14-11-7-3-4-8-12(11)19-16(14)21/h2-9,22H,1H3. The number of benzene rings is 2. The molecular formula is C18H12N2O2S2. The minimum absolute atomic E-state index is 0.0189. The molecule has 4 nitrogen and oxygen atoms in total. The molecule has 0 aliphatic carbocycles. The van der Waals surface area contributed by atoms with Crippen LogP contribution in [0.2, 0.25) is 0 Å². The average Bonchev–Trinajstić information content (AvgIpc) is 3.04. The molecule has 4 rings (SSSR count). The molecule has 0 unspecified atom stereocenters. The number of para-hydroxylation sites is 2. The van der Waals surface area contributed by atoms with E-state index in [2.05, 4.69) is 4.99 Å². The first kappa shape index (κ1) is 15.0. The number of rotatable bonds is 2. The Morgan fingerprint density at radius 3 is 2.62 bits per heavy atom. The zero-order valence-electron chi connectivity index (χ0n) is 12.7. The molecule has 2 heterocycles. The molecule has 2 aromatic carbocycles. The van der Waals surface area contributed by atoms with Crippen molar-refractivity contribution in [2.24, 2.45) is 4.99 Å². The van der Waals surface area contributed by atoms with Crippen LogP contribution in [0.3, 0.4) is 0 Å². The lowest BCUT2D eigenvalue weighted by Gasteiger charge is -2.08. The van der Waals surface area contributed by atoms with Crippen LogP contribution in [0, 0.1) is 10.9 Å². The van der Waals surface area contributed by atoms with Gasteiger partial charge in [0.15, 0.2) is 3.95 Å². The molecule has 3 aromatic rings. The van der Waals surface area contributed by atoms with E-state index in [1.165, 1.54) is 11.3 Å². The Bertz CT molecular complexity index is 1170. The number of aromatic nitrogens is 1. The summed E-state index contributed by atoms with van der Waals surface area (Å²) in [5.74, 6) is -0.366. The molecular weight excluding hydrogens is 340 g/mol. The molecule has 0 atom stereocenters. The van der Waals surface area contributed by atoms with Gasteiger partial charge >= 0.3 is 0 Å². The lowest BCUT2D eigenvalue weighted by Crippen LogP contribution is -2.22. The lowest BCUT2D eigenvalue weighted by atomic mass is 10.1. The summed E-state index contributed by atoms with van der Waals surface area (Å²) >= 11 is 6.66. The predicted molar refractivity (Wildman–Crippen MR) is 95.6 cm³/mol. The van der Waals surface area contributed by atoms with Crippen LogP contribution in [0.15, 0.2) is 53.5 Å². The summed E-state index contributed by atoms with van der Waals surface area (Å²) in [5, 5.41) is 12.1. The largest absolute Gasteiger partial charge is 0.493 e. The fraction of sp³-hybridized carbons (Fsp3) is 0.0556. The third kappa shape index (κ3) is 2.15. The first-order valence-corrected chi connectivity index (χ1v) is 8.54. The fourth-order valence-electron chi connectivity index (χ4n) is 2.84. The summed E-state index contributed by atoms with van der Waals surface area (Å²) in [6, 6.07) is 15.0. The van der Waals surface area contributed by atoms with E-state index in [9.17, 15) is 9.90 Å². The van der Waals surface area contributed by atoms with Crippen LogP contribution < -0.4 is 10.6 Å². The number of hydrogen-bond acceptors (Lipinski definition) is 4. The van der Waals surface area contributed by atoms with E-state index in [1.54, 1.807) is 10.6 Å². The number of aryl methyl sites for hydroxylation is 1. The number of aromatic hydroxyl groups is 1. The van der Waals surface area contributed by atoms with Gasteiger partial charge in [0.05, 0.1) is 16.6 Å². The molecule has 118 valence electrons. The van der Waals surface area contributed by atoms with Crippen molar-refractivity contribution in [2.45, 2.75) is 6.92 Å². The highest BCUT2D eigenvalue weighted by Crippen LogP contribution is 2.35. The van der Waals surface area contributed by atoms with E-state index in [1.807, 2.05) is 49.4 Å². The van der Waals surface area contributed by atoms with Crippen LogP contribution in [-0.4, -0.2) is 15.6 Å². The maximum Gasteiger partial charge on any atom is 0.279 e. The number of carbonyl (C=O) groups is 1. The molecule has 1 N–H and O–H groups in total. The second-order valence-corrected chi connectivity index (χ2v) is 7.10. The van der Waals surface area contributed by atoms with Crippen molar-refractivity contribution in [1.29, 1.82) is 0 Å². The van der Waals surface area contributed by atoms with Crippen molar-refractivity contribution in [3.05, 3.63) is 73.5 Å². The molecule has 0 bridgehead atoms. The first-order chi connectivity index (χ1) is 11.6. The van der Waals surface area contributed by atoms with Gasteiger partial charge in [0.2, 0.25) is 5.88 Å². The monoisotopic (exact) mass is 352 g/mol. The van der Waals surface area contributed by atoms with E-state index >= 15 is 0 Å². The third-order valence-electron chi connectivity index (χ3n) is 3.98. The minimum Gasteiger partial charge on any atom is -0.493 e. The van der Waals surface area contributed by atoms with E-state index in [0.717, 1.165) is 16.5 Å². The van der Waals surface area contributed by atoms with Gasteiger partial charge in [-0.15, -0.1) is 11.3 Å². The Morgan fingerprint density at radius 1 is 1.12 bits per heavy atom. The van der Waals surface area contributed by atoms with Crippen LogP contribution in [0.4, 0.5) is 0 Å². The molecule has 0 radical (unpaired) electrons. The predicted octanol–water partition coefficient (Wildman–Crippen LogP) is 2.64. The van der Waals surface area contributed by atoms with Gasteiger partial charge in [-0.2, -0.15) is 0 Å². The van der Waals surface area contributed by atoms with Gasteiger partial charge in [-0.25, -0.2) is 4.99 Å². The van der Waals surface area contributed by atoms with Gasteiger partial charge in [-0.05, 0) is 36.8 Å². The summed E-state index contributed by atoms with van der Waals surface area (Å²) in [6.07, 6.45) is 0. The van der Waals surface area contributed by atoms with E-state index in [0.29, 0.717) is 19.8 Å². The zero-order chi connectivity index (χ0) is 16.8. The van der Waals surface area contributed by atoms with Crippen LogP contribution in [0.5, 0.6) is 5.88 Å². The topological polar surface area (TPSA) is 54.6 Å². The fourth-order valence-corrected chi connectivity index (χ4v) is 4.21. The van der Waals surface area contributed by atoms with Crippen molar-refractivity contribution in [3.8, 4) is 11.6 Å². The number of hydrogen-bond donors (Lipinski definition) is 1. The minimum atomic E-state index is -0.348. The van der Waals surface area contributed by atoms with Crippen molar-refractivity contribution in [3.63, 3.8) is 0 Å². The zero-order valence-corrected chi connectivity index (χ0v) is 14.3. The summed E-state index contributed by atoms with van der Waals surface area (Å²) in [5.41, 5.74) is 2.20. The van der Waals surface area contributed by atoms with Gasteiger partial charge < -0.3 is 5.11 Å². The molecule has 1 aromatic heterocycles. The van der Waals surface area contributed by atoms with Gasteiger partial charge in [0.1, 0.15) is 4.88 Å². The Hall–Kier alpha value is -2.57. The van der Waals surface area contributed by atoms with Gasteiger partial charge in [-0.1, -0.05) is 36.4 Å².